The molecule has 6 heteroatoms. The molecule has 0 aliphatic carbocycles. The van der Waals surface area contributed by atoms with Crippen LogP contribution in [0.15, 0.2) is 35.2 Å². The zero-order valence-corrected chi connectivity index (χ0v) is 15.0. The van der Waals surface area contributed by atoms with E-state index in [-0.39, 0.29) is 5.91 Å². The Kier molecular flexibility index (Phi) is 6.96. The van der Waals surface area contributed by atoms with Crippen LogP contribution in [0.2, 0.25) is 0 Å². The van der Waals surface area contributed by atoms with Crippen molar-refractivity contribution in [2.24, 2.45) is 0 Å². The second kappa shape index (κ2) is 9.42. The highest BCUT2D eigenvalue weighted by Gasteiger charge is 2.24. The minimum absolute atomic E-state index is 0.142. The lowest BCUT2D eigenvalue weighted by Gasteiger charge is -2.28. The van der Waals surface area contributed by atoms with Crippen LogP contribution in [0.25, 0.3) is 0 Å². The molecule has 3 rings (SSSR count). The van der Waals surface area contributed by atoms with E-state index in [9.17, 15) is 4.79 Å². The van der Waals surface area contributed by atoms with Gasteiger partial charge in [-0.1, -0.05) is 18.2 Å². The molecule has 0 saturated carbocycles. The molecule has 0 spiro atoms. The van der Waals surface area contributed by atoms with Gasteiger partial charge in [-0.15, -0.1) is 11.8 Å². The predicted octanol–water partition coefficient (Wildman–Crippen LogP) is 1.30. The number of carbonyl (C=O) groups excluding carboxylic acids is 1. The van der Waals surface area contributed by atoms with E-state index in [0.29, 0.717) is 11.8 Å². The number of morpholine rings is 1. The average molecular weight is 350 g/mol. The first kappa shape index (κ1) is 17.7. The standard InChI is InChI=1S/C18H27N3O2S/c22-18(15-24-17-4-2-1-3-5-17)19-16-6-7-21(14-16)9-8-20-10-12-23-13-11-20/h1-5,16H,6-15H2,(H,19,22). The first-order valence-electron chi connectivity index (χ1n) is 8.79. The summed E-state index contributed by atoms with van der Waals surface area (Å²) in [4.78, 5) is 18.2. The summed E-state index contributed by atoms with van der Waals surface area (Å²) in [6.07, 6.45) is 1.06. The van der Waals surface area contributed by atoms with Gasteiger partial charge in [0, 0.05) is 50.2 Å². The zero-order chi connectivity index (χ0) is 16.6. The van der Waals surface area contributed by atoms with Crippen molar-refractivity contribution in [3.63, 3.8) is 0 Å². The summed E-state index contributed by atoms with van der Waals surface area (Å²) in [5.74, 6) is 0.637. The number of ether oxygens (including phenoxy) is 1. The molecule has 0 bridgehead atoms. The van der Waals surface area contributed by atoms with Crippen molar-refractivity contribution in [1.29, 1.82) is 0 Å². The molecule has 2 saturated heterocycles. The molecule has 24 heavy (non-hydrogen) atoms. The molecule has 1 aromatic rings. The average Bonchev–Trinajstić information content (AvgIpc) is 3.07. The van der Waals surface area contributed by atoms with Crippen molar-refractivity contribution in [3.05, 3.63) is 30.3 Å². The summed E-state index contributed by atoms with van der Waals surface area (Å²) in [6, 6.07) is 10.4. The van der Waals surface area contributed by atoms with Crippen molar-refractivity contribution in [2.45, 2.75) is 17.4 Å². The van der Waals surface area contributed by atoms with Crippen molar-refractivity contribution in [1.82, 2.24) is 15.1 Å². The van der Waals surface area contributed by atoms with Gasteiger partial charge in [-0.3, -0.25) is 14.6 Å². The third kappa shape index (κ3) is 5.77. The molecule has 1 aromatic carbocycles. The summed E-state index contributed by atoms with van der Waals surface area (Å²) in [6.45, 7) is 8.07. The lowest BCUT2D eigenvalue weighted by molar-refractivity contribution is -0.119. The molecule has 2 aliphatic heterocycles. The number of rotatable bonds is 7. The van der Waals surface area contributed by atoms with E-state index in [1.165, 1.54) is 0 Å². The first-order valence-corrected chi connectivity index (χ1v) is 9.78. The highest BCUT2D eigenvalue weighted by atomic mass is 32.2. The van der Waals surface area contributed by atoms with Crippen molar-refractivity contribution < 1.29 is 9.53 Å². The van der Waals surface area contributed by atoms with Crippen LogP contribution in [0, 0.1) is 0 Å². The van der Waals surface area contributed by atoms with E-state index in [1.54, 1.807) is 11.8 Å². The summed E-state index contributed by atoms with van der Waals surface area (Å²) in [5, 5.41) is 3.18. The Morgan fingerprint density at radius 1 is 1.12 bits per heavy atom. The number of hydrogen-bond acceptors (Lipinski definition) is 5. The maximum absolute atomic E-state index is 12.1. The Labute approximate surface area is 148 Å². The van der Waals surface area contributed by atoms with Crippen LogP contribution in [-0.4, -0.2) is 80.0 Å². The lowest BCUT2D eigenvalue weighted by Crippen LogP contribution is -2.42. The number of nitrogens with one attached hydrogen (secondary N) is 1. The summed E-state index contributed by atoms with van der Waals surface area (Å²) < 4.78 is 5.38. The lowest BCUT2D eigenvalue weighted by atomic mass is 10.2. The minimum Gasteiger partial charge on any atom is -0.379 e. The molecule has 5 nitrogen and oxygen atoms in total. The van der Waals surface area contributed by atoms with Gasteiger partial charge >= 0.3 is 0 Å². The van der Waals surface area contributed by atoms with Crippen molar-refractivity contribution in [2.75, 3.05) is 58.2 Å². The fourth-order valence-corrected chi connectivity index (χ4v) is 3.93. The molecule has 0 aromatic heterocycles. The molecule has 0 radical (unpaired) electrons. The van der Waals surface area contributed by atoms with E-state index in [0.717, 1.165) is 63.8 Å². The molecule has 132 valence electrons. The Morgan fingerprint density at radius 3 is 2.67 bits per heavy atom. The Morgan fingerprint density at radius 2 is 1.88 bits per heavy atom. The molecule has 1 atom stereocenters. The Bertz CT molecular complexity index is 508. The van der Waals surface area contributed by atoms with Gasteiger partial charge in [0.25, 0.3) is 0 Å². The molecule has 2 aliphatic rings. The second-order valence-corrected chi connectivity index (χ2v) is 7.46. The topological polar surface area (TPSA) is 44.8 Å². The number of nitrogens with zero attached hydrogens (tertiary/aromatic N) is 2. The van der Waals surface area contributed by atoms with Crippen LogP contribution < -0.4 is 5.32 Å². The van der Waals surface area contributed by atoms with Crippen LogP contribution in [0.5, 0.6) is 0 Å². The molecule has 1 amide bonds. The van der Waals surface area contributed by atoms with Gasteiger partial charge in [-0.05, 0) is 18.6 Å². The number of carbonyl (C=O) groups is 1. The molecule has 1 unspecified atom stereocenters. The largest absolute Gasteiger partial charge is 0.379 e. The summed E-state index contributed by atoms with van der Waals surface area (Å²) in [7, 11) is 0. The van der Waals surface area contributed by atoms with E-state index in [2.05, 4.69) is 15.1 Å². The molecule has 2 heterocycles. The van der Waals surface area contributed by atoms with E-state index in [1.807, 2.05) is 30.3 Å². The SMILES string of the molecule is O=C(CSc1ccccc1)NC1CCN(CCN2CCOCC2)C1. The fraction of sp³-hybridized carbons (Fsp3) is 0.611. The van der Waals surface area contributed by atoms with Gasteiger partial charge in [-0.25, -0.2) is 0 Å². The van der Waals surface area contributed by atoms with Crippen LogP contribution in [0.1, 0.15) is 6.42 Å². The minimum atomic E-state index is 0.142. The van der Waals surface area contributed by atoms with Gasteiger partial charge in [0.05, 0.1) is 19.0 Å². The van der Waals surface area contributed by atoms with Gasteiger partial charge < -0.3 is 10.1 Å². The van der Waals surface area contributed by atoms with Gasteiger partial charge in [-0.2, -0.15) is 0 Å². The fourth-order valence-electron chi connectivity index (χ4n) is 3.20. The van der Waals surface area contributed by atoms with Gasteiger partial charge in [0.1, 0.15) is 0 Å². The highest BCUT2D eigenvalue weighted by molar-refractivity contribution is 8.00. The summed E-state index contributed by atoms with van der Waals surface area (Å²) in [5.41, 5.74) is 0. The number of benzene rings is 1. The molecular formula is C18H27N3O2S. The Balaban J connectivity index is 1.31. The molecule has 2 fully saturated rings. The maximum Gasteiger partial charge on any atom is 0.230 e. The zero-order valence-electron chi connectivity index (χ0n) is 14.2. The van der Waals surface area contributed by atoms with Gasteiger partial charge in [0.2, 0.25) is 5.91 Å². The number of amides is 1. The van der Waals surface area contributed by atoms with E-state index < -0.39 is 0 Å². The van der Waals surface area contributed by atoms with Crippen LogP contribution in [-0.2, 0) is 9.53 Å². The predicted molar refractivity (Wildman–Crippen MR) is 97.4 cm³/mol. The third-order valence-electron chi connectivity index (χ3n) is 4.59. The molecule has 1 N–H and O–H groups in total. The van der Waals surface area contributed by atoms with Gasteiger partial charge in [0.15, 0.2) is 0 Å². The monoisotopic (exact) mass is 349 g/mol. The maximum atomic E-state index is 12.1. The highest BCUT2D eigenvalue weighted by Crippen LogP contribution is 2.17. The Hall–Kier alpha value is -1.08. The van der Waals surface area contributed by atoms with E-state index in [4.69, 9.17) is 4.74 Å². The summed E-state index contributed by atoms with van der Waals surface area (Å²) >= 11 is 1.60. The first-order chi connectivity index (χ1) is 11.8. The molecular weight excluding hydrogens is 322 g/mol. The van der Waals surface area contributed by atoms with E-state index >= 15 is 0 Å². The second-order valence-electron chi connectivity index (χ2n) is 6.41. The van der Waals surface area contributed by atoms with Crippen LogP contribution in [0.4, 0.5) is 0 Å². The van der Waals surface area contributed by atoms with Crippen molar-refractivity contribution in [3.8, 4) is 0 Å². The van der Waals surface area contributed by atoms with Crippen LogP contribution >= 0.6 is 11.8 Å². The van der Waals surface area contributed by atoms with Crippen molar-refractivity contribution >= 4 is 17.7 Å². The number of thioether (sulfide) groups is 1. The number of likely N-dealkylation sites (tertiary alicyclic amines) is 1. The quantitative estimate of drug-likeness (QED) is 0.752. The smallest absolute Gasteiger partial charge is 0.230 e. The number of hydrogen-bond donors (Lipinski definition) is 1. The normalized spacial score (nSPS) is 22.6. The van der Waals surface area contributed by atoms with Crippen LogP contribution in [0.3, 0.4) is 0 Å². The third-order valence-corrected chi connectivity index (χ3v) is 5.60.